The van der Waals surface area contributed by atoms with E-state index in [0.29, 0.717) is 22.0 Å². The van der Waals surface area contributed by atoms with E-state index in [-0.39, 0.29) is 54.0 Å². The number of nitrogens with zero attached hydrogens (tertiary/aromatic N) is 2. The van der Waals surface area contributed by atoms with Crippen molar-refractivity contribution >= 4 is 40.1 Å². The molecule has 226 valence electrons. The largest absolute Gasteiger partial charge is 0.374 e. The Balaban J connectivity index is 1.49. The van der Waals surface area contributed by atoms with Gasteiger partial charge in [0.25, 0.3) is 0 Å². The van der Waals surface area contributed by atoms with Gasteiger partial charge < -0.3 is 19.9 Å². The molecule has 0 saturated heterocycles. The first kappa shape index (κ1) is 31.9. The Kier molecular flexibility index (Phi) is 10.3. The molecule has 1 aromatic heterocycles. The molecule has 0 spiro atoms. The van der Waals surface area contributed by atoms with Gasteiger partial charge in [0, 0.05) is 46.9 Å². The number of nitrogens with one attached hydrogen (secondary N) is 2. The van der Waals surface area contributed by atoms with Gasteiger partial charge in [0.2, 0.25) is 11.8 Å². The summed E-state index contributed by atoms with van der Waals surface area (Å²) in [7, 11) is 0. The van der Waals surface area contributed by atoms with Crippen LogP contribution in [-0.4, -0.2) is 44.8 Å². The van der Waals surface area contributed by atoms with Crippen LogP contribution >= 0.6 is 11.6 Å². The molecule has 0 aliphatic carbocycles. The Morgan fingerprint density at radius 2 is 1.72 bits per heavy atom. The monoisotopic (exact) mass is 606 g/mol. The number of amides is 2. The van der Waals surface area contributed by atoms with E-state index in [1.165, 1.54) is 24.0 Å². The van der Waals surface area contributed by atoms with Crippen molar-refractivity contribution in [1.82, 2.24) is 20.1 Å². The maximum Gasteiger partial charge on any atom is 0.243 e. The fourth-order valence-electron chi connectivity index (χ4n) is 4.95. The van der Waals surface area contributed by atoms with Gasteiger partial charge in [-0.05, 0) is 57.0 Å². The summed E-state index contributed by atoms with van der Waals surface area (Å²) in [5, 5.41) is 17.3. The van der Waals surface area contributed by atoms with Crippen LogP contribution in [0.25, 0.3) is 10.9 Å². The molecular formula is C33H36ClFN4O4. The van der Waals surface area contributed by atoms with Crippen LogP contribution in [0.5, 0.6) is 0 Å². The minimum atomic E-state index is -0.986. The predicted octanol–water partition coefficient (Wildman–Crippen LogP) is 5.53. The van der Waals surface area contributed by atoms with Crippen LogP contribution in [0.1, 0.15) is 67.0 Å². The summed E-state index contributed by atoms with van der Waals surface area (Å²) in [4.78, 5) is 40.1. The normalized spacial score (nSPS) is 12.7. The summed E-state index contributed by atoms with van der Waals surface area (Å²) < 4.78 is 15.9. The van der Waals surface area contributed by atoms with Crippen molar-refractivity contribution in [2.24, 2.45) is 0 Å². The second kappa shape index (κ2) is 13.9. The molecular weight excluding hydrogens is 571 g/mol. The van der Waals surface area contributed by atoms with Crippen molar-refractivity contribution in [1.29, 1.82) is 0 Å². The molecule has 0 saturated carbocycles. The molecule has 0 fully saturated rings. The lowest BCUT2D eigenvalue weighted by Crippen LogP contribution is -2.45. The average molecular weight is 607 g/mol. The maximum absolute atomic E-state index is 14.2. The maximum atomic E-state index is 14.2. The van der Waals surface area contributed by atoms with Crippen LogP contribution in [0.4, 0.5) is 4.39 Å². The smallest absolute Gasteiger partial charge is 0.243 e. The second-order valence-electron chi connectivity index (χ2n) is 10.8. The number of carbonyl (C=O) groups is 3. The lowest BCUT2D eigenvalue weighted by Gasteiger charge is -2.26. The van der Waals surface area contributed by atoms with Gasteiger partial charge in [-0.2, -0.15) is 0 Å². The SMILES string of the molecule is CC(=O)c1cn(CC(=O)N(CC(=O)NCc2cccc(Cl)c2F)C(C)C)c2ccc(C(O)NC(C)c3ccccc3)cc12. The highest BCUT2D eigenvalue weighted by Crippen LogP contribution is 2.27. The third-order valence-corrected chi connectivity index (χ3v) is 7.67. The summed E-state index contributed by atoms with van der Waals surface area (Å²) >= 11 is 5.82. The molecule has 0 aliphatic rings. The zero-order chi connectivity index (χ0) is 31.3. The van der Waals surface area contributed by atoms with Crippen molar-refractivity contribution in [3.05, 3.63) is 106 Å². The number of aliphatic hydroxyl groups excluding tert-OH is 1. The van der Waals surface area contributed by atoms with E-state index in [1.807, 2.05) is 37.3 Å². The van der Waals surface area contributed by atoms with Crippen molar-refractivity contribution in [2.45, 2.75) is 59.1 Å². The molecule has 4 rings (SSSR count). The fraction of sp³-hybridized carbons (Fsp3) is 0.303. The molecule has 0 bridgehead atoms. The number of hydrogen-bond donors (Lipinski definition) is 3. The van der Waals surface area contributed by atoms with E-state index in [2.05, 4.69) is 10.6 Å². The second-order valence-corrected chi connectivity index (χ2v) is 11.2. The third-order valence-electron chi connectivity index (χ3n) is 7.38. The molecule has 3 aromatic carbocycles. The number of fused-ring (bicyclic) bond motifs is 1. The molecule has 2 unspecified atom stereocenters. The zero-order valence-corrected chi connectivity index (χ0v) is 25.4. The zero-order valence-electron chi connectivity index (χ0n) is 24.6. The van der Waals surface area contributed by atoms with Gasteiger partial charge in [-0.1, -0.05) is 60.1 Å². The van der Waals surface area contributed by atoms with Gasteiger partial charge >= 0.3 is 0 Å². The molecule has 0 aliphatic heterocycles. The number of carbonyl (C=O) groups excluding carboxylic acids is 3. The number of Topliss-reactive ketones (excluding diaryl/α,β-unsaturated/α-hetero) is 1. The Morgan fingerprint density at radius 3 is 2.40 bits per heavy atom. The minimum absolute atomic E-state index is 0.0331. The molecule has 4 aromatic rings. The molecule has 2 atom stereocenters. The number of aliphatic hydroxyl groups is 1. The Morgan fingerprint density at radius 1 is 1.00 bits per heavy atom. The first-order valence-corrected chi connectivity index (χ1v) is 14.5. The summed E-state index contributed by atoms with van der Waals surface area (Å²) in [6.45, 7) is 6.61. The van der Waals surface area contributed by atoms with Crippen LogP contribution < -0.4 is 10.6 Å². The highest BCUT2D eigenvalue weighted by atomic mass is 35.5. The summed E-state index contributed by atoms with van der Waals surface area (Å²) in [5.74, 6) is -1.55. The van der Waals surface area contributed by atoms with E-state index in [9.17, 15) is 23.9 Å². The number of benzene rings is 3. The lowest BCUT2D eigenvalue weighted by molar-refractivity contribution is -0.138. The Labute approximate surface area is 255 Å². The molecule has 2 amide bonds. The highest BCUT2D eigenvalue weighted by molar-refractivity contribution is 6.30. The molecule has 8 nitrogen and oxygen atoms in total. The average Bonchev–Trinajstić information content (AvgIpc) is 3.34. The van der Waals surface area contributed by atoms with E-state index in [4.69, 9.17) is 11.6 Å². The Bertz CT molecular complexity index is 1620. The molecule has 0 radical (unpaired) electrons. The van der Waals surface area contributed by atoms with E-state index >= 15 is 0 Å². The fourth-order valence-corrected chi connectivity index (χ4v) is 5.15. The van der Waals surface area contributed by atoms with Gasteiger partial charge in [-0.15, -0.1) is 0 Å². The van der Waals surface area contributed by atoms with E-state index in [0.717, 1.165) is 5.56 Å². The van der Waals surface area contributed by atoms with Gasteiger partial charge in [0.15, 0.2) is 5.78 Å². The number of aromatic nitrogens is 1. The Hall–Kier alpha value is -4.05. The lowest BCUT2D eigenvalue weighted by atomic mass is 10.0. The van der Waals surface area contributed by atoms with Gasteiger partial charge in [0.1, 0.15) is 18.6 Å². The summed E-state index contributed by atoms with van der Waals surface area (Å²) in [6, 6.07) is 19.2. The van der Waals surface area contributed by atoms with E-state index in [1.54, 1.807) is 48.9 Å². The molecule has 3 N–H and O–H groups in total. The number of hydrogen-bond acceptors (Lipinski definition) is 5. The predicted molar refractivity (Wildman–Crippen MR) is 165 cm³/mol. The third kappa shape index (κ3) is 7.67. The summed E-state index contributed by atoms with van der Waals surface area (Å²) in [5.41, 5.74) is 2.92. The number of rotatable bonds is 12. The van der Waals surface area contributed by atoms with Crippen LogP contribution in [0, 0.1) is 5.82 Å². The van der Waals surface area contributed by atoms with Gasteiger partial charge in [-0.3, -0.25) is 19.7 Å². The van der Waals surface area contributed by atoms with Gasteiger partial charge in [0.05, 0.1) is 11.6 Å². The van der Waals surface area contributed by atoms with Crippen molar-refractivity contribution in [3.8, 4) is 0 Å². The van der Waals surface area contributed by atoms with Crippen LogP contribution in [0.3, 0.4) is 0 Å². The van der Waals surface area contributed by atoms with Crippen LogP contribution in [0.2, 0.25) is 5.02 Å². The first-order chi connectivity index (χ1) is 20.5. The minimum Gasteiger partial charge on any atom is -0.374 e. The highest BCUT2D eigenvalue weighted by Gasteiger charge is 2.23. The number of halogens is 2. The van der Waals surface area contributed by atoms with E-state index < -0.39 is 18.0 Å². The van der Waals surface area contributed by atoms with Crippen molar-refractivity contribution in [3.63, 3.8) is 0 Å². The van der Waals surface area contributed by atoms with Crippen LogP contribution in [-0.2, 0) is 22.7 Å². The van der Waals surface area contributed by atoms with Crippen LogP contribution in [0.15, 0.2) is 72.9 Å². The molecule has 10 heteroatoms. The van der Waals surface area contributed by atoms with Crippen molar-refractivity contribution < 1.29 is 23.9 Å². The number of ketones is 1. The van der Waals surface area contributed by atoms with Crippen molar-refractivity contribution in [2.75, 3.05) is 6.54 Å². The molecule has 1 heterocycles. The quantitative estimate of drug-likeness (QED) is 0.145. The first-order valence-electron chi connectivity index (χ1n) is 14.1. The van der Waals surface area contributed by atoms with Gasteiger partial charge in [-0.25, -0.2) is 4.39 Å². The summed E-state index contributed by atoms with van der Waals surface area (Å²) in [6.07, 6.45) is 0.640. The molecule has 43 heavy (non-hydrogen) atoms. The standard InChI is InChI=1S/C33H36ClFN4O4/c1-20(2)39(18-30(41)36-16-25-11-8-12-28(34)32(25)35)31(42)19-38-17-27(22(4)40)26-15-24(13-14-29(26)38)33(43)37-21(3)23-9-6-5-7-10-23/h5-15,17,20-21,33,37,43H,16,18-19H2,1-4H3,(H,36,41). The topological polar surface area (TPSA) is 104 Å².